The predicted octanol–water partition coefficient (Wildman–Crippen LogP) is 2.60. The molecule has 0 heterocycles. The molecule has 0 saturated heterocycles. The SMILES string of the molecule is CC(N)CCC(=O)N(C)CCCCc1ccccc1. The summed E-state index contributed by atoms with van der Waals surface area (Å²) in [5.74, 6) is 0.206. The van der Waals surface area contributed by atoms with Crippen molar-refractivity contribution >= 4 is 5.91 Å². The van der Waals surface area contributed by atoms with E-state index < -0.39 is 0 Å². The van der Waals surface area contributed by atoms with Crippen LogP contribution >= 0.6 is 0 Å². The molecule has 1 atom stereocenters. The van der Waals surface area contributed by atoms with Crippen LogP contribution in [0.2, 0.25) is 0 Å². The van der Waals surface area contributed by atoms with E-state index in [4.69, 9.17) is 5.73 Å². The smallest absolute Gasteiger partial charge is 0.222 e. The van der Waals surface area contributed by atoms with Gasteiger partial charge in [-0.2, -0.15) is 0 Å². The number of nitrogens with two attached hydrogens (primary N) is 1. The van der Waals surface area contributed by atoms with Crippen molar-refractivity contribution in [3.8, 4) is 0 Å². The fraction of sp³-hybridized carbons (Fsp3) is 0.562. The molecule has 19 heavy (non-hydrogen) atoms. The molecule has 1 rings (SSSR count). The van der Waals surface area contributed by atoms with Gasteiger partial charge in [0.1, 0.15) is 0 Å². The van der Waals surface area contributed by atoms with Crippen LogP contribution < -0.4 is 5.73 Å². The summed E-state index contributed by atoms with van der Waals surface area (Å²) < 4.78 is 0. The molecule has 0 saturated carbocycles. The minimum atomic E-state index is 0.107. The molecule has 0 aliphatic rings. The zero-order valence-corrected chi connectivity index (χ0v) is 12.1. The van der Waals surface area contributed by atoms with E-state index in [2.05, 4.69) is 24.3 Å². The number of carbonyl (C=O) groups excluding carboxylic acids is 1. The lowest BCUT2D eigenvalue weighted by Gasteiger charge is -2.17. The zero-order chi connectivity index (χ0) is 14.1. The second-order valence-corrected chi connectivity index (χ2v) is 5.27. The monoisotopic (exact) mass is 262 g/mol. The van der Waals surface area contributed by atoms with E-state index in [1.807, 2.05) is 24.9 Å². The van der Waals surface area contributed by atoms with Gasteiger partial charge < -0.3 is 10.6 Å². The number of unbranched alkanes of at least 4 members (excludes halogenated alkanes) is 1. The van der Waals surface area contributed by atoms with Crippen molar-refractivity contribution in [1.82, 2.24) is 4.90 Å². The van der Waals surface area contributed by atoms with Crippen molar-refractivity contribution in [2.24, 2.45) is 5.73 Å². The standard InChI is InChI=1S/C16H26N2O/c1-14(17)11-12-16(19)18(2)13-7-6-10-15-8-4-3-5-9-15/h3-5,8-9,14H,6-7,10-13,17H2,1-2H3. The van der Waals surface area contributed by atoms with Crippen molar-refractivity contribution < 1.29 is 4.79 Å². The highest BCUT2D eigenvalue weighted by Crippen LogP contribution is 2.06. The Balaban J connectivity index is 2.13. The van der Waals surface area contributed by atoms with E-state index in [1.54, 1.807) is 0 Å². The van der Waals surface area contributed by atoms with Crippen LogP contribution in [-0.2, 0) is 11.2 Å². The Morgan fingerprint density at radius 2 is 1.95 bits per heavy atom. The average Bonchev–Trinajstić information content (AvgIpc) is 2.41. The lowest BCUT2D eigenvalue weighted by molar-refractivity contribution is -0.130. The lowest BCUT2D eigenvalue weighted by Crippen LogP contribution is -2.29. The number of hydrogen-bond acceptors (Lipinski definition) is 2. The summed E-state index contributed by atoms with van der Waals surface area (Å²) in [4.78, 5) is 13.6. The van der Waals surface area contributed by atoms with Gasteiger partial charge in [-0.05, 0) is 38.2 Å². The average molecular weight is 262 g/mol. The van der Waals surface area contributed by atoms with Crippen LogP contribution in [0.4, 0.5) is 0 Å². The van der Waals surface area contributed by atoms with E-state index >= 15 is 0 Å². The second kappa shape index (κ2) is 8.70. The van der Waals surface area contributed by atoms with E-state index in [0.717, 1.165) is 32.2 Å². The van der Waals surface area contributed by atoms with Crippen LogP contribution in [-0.4, -0.2) is 30.4 Å². The Labute approximate surface area is 116 Å². The summed E-state index contributed by atoms with van der Waals surface area (Å²) in [5.41, 5.74) is 7.03. The maximum absolute atomic E-state index is 11.8. The maximum atomic E-state index is 11.8. The Morgan fingerprint density at radius 1 is 1.26 bits per heavy atom. The molecule has 0 bridgehead atoms. The molecule has 3 heteroatoms. The molecule has 1 unspecified atom stereocenters. The third-order valence-corrected chi connectivity index (χ3v) is 3.29. The highest BCUT2D eigenvalue weighted by atomic mass is 16.2. The van der Waals surface area contributed by atoms with Crippen molar-refractivity contribution in [2.45, 2.75) is 45.1 Å². The van der Waals surface area contributed by atoms with Gasteiger partial charge in [0.15, 0.2) is 0 Å². The fourth-order valence-corrected chi connectivity index (χ4v) is 1.99. The summed E-state index contributed by atoms with van der Waals surface area (Å²) in [6.45, 7) is 2.78. The number of aryl methyl sites for hydroxylation is 1. The van der Waals surface area contributed by atoms with Gasteiger partial charge in [-0.25, -0.2) is 0 Å². The van der Waals surface area contributed by atoms with Crippen LogP contribution in [0.1, 0.15) is 38.2 Å². The van der Waals surface area contributed by atoms with Gasteiger partial charge in [-0.1, -0.05) is 30.3 Å². The van der Waals surface area contributed by atoms with Gasteiger partial charge >= 0.3 is 0 Å². The molecule has 0 radical (unpaired) electrons. The van der Waals surface area contributed by atoms with Crippen molar-refractivity contribution in [3.05, 3.63) is 35.9 Å². The summed E-state index contributed by atoms with van der Waals surface area (Å²) in [6.07, 6.45) is 4.59. The summed E-state index contributed by atoms with van der Waals surface area (Å²) in [6, 6.07) is 10.6. The van der Waals surface area contributed by atoms with Gasteiger partial charge in [0, 0.05) is 26.1 Å². The predicted molar refractivity (Wildman–Crippen MR) is 79.9 cm³/mol. The molecule has 0 aromatic heterocycles. The molecule has 0 fully saturated rings. The molecular weight excluding hydrogens is 236 g/mol. The van der Waals surface area contributed by atoms with Gasteiger partial charge in [0.05, 0.1) is 0 Å². The topological polar surface area (TPSA) is 46.3 Å². The lowest BCUT2D eigenvalue weighted by atomic mass is 10.1. The molecular formula is C16H26N2O. The van der Waals surface area contributed by atoms with Crippen LogP contribution in [0.5, 0.6) is 0 Å². The summed E-state index contributed by atoms with van der Waals surface area (Å²) >= 11 is 0. The fourth-order valence-electron chi connectivity index (χ4n) is 1.99. The van der Waals surface area contributed by atoms with Crippen molar-refractivity contribution in [2.75, 3.05) is 13.6 Å². The van der Waals surface area contributed by atoms with Gasteiger partial charge in [0.2, 0.25) is 5.91 Å². The molecule has 0 aliphatic carbocycles. The molecule has 2 N–H and O–H groups in total. The minimum Gasteiger partial charge on any atom is -0.346 e. The van der Waals surface area contributed by atoms with E-state index in [0.29, 0.717) is 6.42 Å². The van der Waals surface area contributed by atoms with Crippen LogP contribution in [0.3, 0.4) is 0 Å². The molecule has 1 aromatic carbocycles. The minimum absolute atomic E-state index is 0.107. The first-order valence-corrected chi connectivity index (χ1v) is 7.13. The Hall–Kier alpha value is -1.35. The normalized spacial score (nSPS) is 12.2. The number of benzene rings is 1. The van der Waals surface area contributed by atoms with Gasteiger partial charge in [0.25, 0.3) is 0 Å². The number of rotatable bonds is 8. The van der Waals surface area contributed by atoms with Crippen molar-refractivity contribution in [1.29, 1.82) is 0 Å². The molecule has 0 spiro atoms. The van der Waals surface area contributed by atoms with Gasteiger partial charge in [-0.3, -0.25) is 4.79 Å². The van der Waals surface area contributed by atoms with E-state index in [9.17, 15) is 4.79 Å². The first-order valence-electron chi connectivity index (χ1n) is 7.13. The Morgan fingerprint density at radius 3 is 2.58 bits per heavy atom. The second-order valence-electron chi connectivity index (χ2n) is 5.27. The maximum Gasteiger partial charge on any atom is 0.222 e. The van der Waals surface area contributed by atoms with E-state index in [-0.39, 0.29) is 11.9 Å². The number of hydrogen-bond donors (Lipinski definition) is 1. The van der Waals surface area contributed by atoms with Crippen LogP contribution in [0.15, 0.2) is 30.3 Å². The highest BCUT2D eigenvalue weighted by molar-refractivity contribution is 5.75. The number of carbonyl (C=O) groups is 1. The summed E-state index contributed by atoms with van der Waals surface area (Å²) in [5, 5.41) is 0. The third-order valence-electron chi connectivity index (χ3n) is 3.29. The number of nitrogens with zero attached hydrogens (tertiary/aromatic N) is 1. The largest absolute Gasteiger partial charge is 0.346 e. The zero-order valence-electron chi connectivity index (χ0n) is 12.1. The van der Waals surface area contributed by atoms with E-state index in [1.165, 1.54) is 5.56 Å². The van der Waals surface area contributed by atoms with Gasteiger partial charge in [-0.15, -0.1) is 0 Å². The Bertz CT molecular complexity index is 362. The highest BCUT2D eigenvalue weighted by Gasteiger charge is 2.08. The summed E-state index contributed by atoms with van der Waals surface area (Å²) in [7, 11) is 1.88. The molecule has 3 nitrogen and oxygen atoms in total. The Kier molecular flexibility index (Phi) is 7.19. The first-order chi connectivity index (χ1) is 9.09. The van der Waals surface area contributed by atoms with Crippen LogP contribution in [0, 0.1) is 0 Å². The molecule has 1 amide bonds. The quantitative estimate of drug-likeness (QED) is 0.732. The third kappa shape index (κ3) is 6.97. The molecule has 1 aromatic rings. The number of amides is 1. The molecule has 0 aliphatic heterocycles. The van der Waals surface area contributed by atoms with Crippen LogP contribution in [0.25, 0.3) is 0 Å². The first kappa shape index (κ1) is 15.7. The van der Waals surface area contributed by atoms with Crippen molar-refractivity contribution in [3.63, 3.8) is 0 Å². The molecule has 106 valence electrons.